The van der Waals surface area contributed by atoms with Crippen LogP contribution < -0.4 is 0 Å². The van der Waals surface area contributed by atoms with Gasteiger partial charge in [0.25, 0.3) is 0 Å². The molecule has 0 fully saturated rings. The van der Waals surface area contributed by atoms with Crippen LogP contribution in [0.4, 0.5) is 0 Å². The van der Waals surface area contributed by atoms with Crippen molar-refractivity contribution in [3.8, 4) is 0 Å². The van der Waals surface area contributed by atoms with Gasteiger partial charge in [-0.25, -0.2) is 9.13 Å². The highest BCUT2D eigenvalue weighted by Gasteiger charge is 2.29. The number of unbranched alkanes of at least 4 members (excludes halogenated alkanes) is 30. The van der Waals surface area contributed by atoms with Gasteiger partial charge in [-0.15, -0.1) is 0 Å². The van der Waals surface area contributed by atoms with Crippen LogP contribution in [0.5, 0.6) is 0 Å². The SMILES string of the molecule is CC/C=C\C/C=C\C/C=C\C/C=C\C/C=C\CCCCCCCCCCCCCCCCCCCCCC(=O)OCC(O)COP(=O)(O)OCC(O)COP(=O)(O)OCC(COC(=O)CCCCCCCC/C=C\C/C=C\C/C=C\C/C=C\CC)OC(=O)CCCCCCC/C=C\C/C=C\C/C=C\CC. The minimum atomic E-state index is -4.94. The van der Waals surface area contributed by atoms with Crippen LogP contribution in [0.2, 0.25) is 0 Å². The second-order valence-electron chi connectivity index (χ2n) is 27.1. The number of esters is 3. The maximum atomic E-state index is 13.0. The Morgan fingerprint density at radius 2 is 0.476 bits per heavy atom. The molecule has 0 saturated carbocycles. The third-order valence-corrected chi connectivity index (χ3v) is 18.9. The first-order valence-electron chi connectivity index (χ1n) is 41.1. The fourth-order valence-electron chi connectivity index (χ4n) is 10.9. The maximum absolute atomic E-state index is 13.0. The summed E-state index contributed by atoms with van der Waals surface area (Å²) >= 11 is 0. The first-order valence-corrected chi connectivity index (χ1v) is 44.1. The summed E-state index contributed by atoms with van der Waals surface area (Å²) in [5, 5.41) is 20.7. The Hall–Kier alpha value is -4.57. The predicted molar refractivity (Wildman–Crippen MR) is 436 cm³/mol. The van der Waals surface area contributed by atoms with E-state index in [1.54, 1.807) is 0 Å². The van der Waals surface area contributed by atoms with Gasteiger partial charge in [0.2, 0.25) is 0 Å². The lowest BCUT2D eigenvalue weighted by Crippen LogP contribution is -2.30. The number of aliphatic hydroxyl groups excluding tert-OH is 2. The first kappa shape index (κ1) is 100. The van der Waals surface area contributed by atoms with Crippen molar-refractivity contribution in [3.05, 3.63) is 146 Å². The normalized spacial score (nSPS) is 14.7. The zero-order chi connectivity index (χ0) is 76.6. The molecule has 0 radical (unpaired) electrons. The van der Waals surface area contributed by atoms with Crippen LogP contribution in [-0.4, -0.2) is 95.9 Å². The van der Waals surface area contributed by atoms with Crippen molar-refractivity contribution in [2.45, 2.75) is 347 Å². The number of carbonyl (C=O) groups excluding carboxylic acids is 3. The number of phosphoric ester groups is 2. The van der Waals surface area contributed by atoms with Gasteiger partial charge in [-0.3, -0.25) is 32.5 Å². The summed E-state index contributed by atoms with van der Waals surface area (Å²) in [7, 11) is -9.80. The molecule has 0 rings (SSSR count). The van der Waals surface area contributed by atoms with Crippen LogP contribution in [0.1, 0.15) is 329 Å². The minimum absolute atomic E-state index is 0.0788. The van der Waals surface area contributed by atoms with Gasteiger partial charge < -0.3 is 34.2 Å². The Morgan fingerprint density at radius 3 is 0.752 bits per heavy atom. The van der Waals surface area contributed by atoms with E-state index < -0.39 is 91.5 Å². The molecule has 602 valence electrons. The fraction of sp³-hybridized carbons (Fsp3) is 0.690. The molecular weight excluding hydrogens is 1360 g/mol. The second-order valence-corrected chi connectivity index (χ2v) is 30.0. The number of aliphatic hydroxyl groups is 2. The second kappa shape index (κ2) is 79.0. The smallest absolute Gasteiger partial charge is 0.463 e. The molecule has 0 aromatic carbocycles. The van der Waals surface area contributed by atoms with Gasteiger partial charge in [-0.1, -0.05) is 321 Å². The molecule has 16 nitrogen and oxygen atoms in total. The summed E-state index contributed by atoms with van der Waals surface area (Å²) in [5.74, 6) is -1.61. The quantitative estimate of drug-likeness (QED) is 0.0146. The van der Waals surface area contributed by atoms with Gasteiger partial charge in [0.15, 0.2) is 6.10 Å². The lowest BCUT2D eigenvalue weighted by molar-refractivity contribution is -0.161. The van der Waals surface area contributed by atoms with E-state index >= 15 is 0 Å². The van der Waals surface area contributed by atoms with E-state index in [4.69, 9.17) is 32.3 Å². The molecule has 0 heterocycles. The molecule has 5 unspecified atom stereocenters. The Labute approximate surface area is 638 Å². The molecule has 0 saturated heterocycles. The average molecular weight is 1510 g/mol. The van der Waals surface area contributed by atoms with Gasteiger partial charge in [-0.05, 0) is 135 Å². The van der Waals surface area contributed by atoms with Crippen molar-refractivity contribution in [2.75, 3.05) is 39.6 Å². The van der Waals surface area contributed by atoms with Gasteiger partial charge >= 0.3 is 33.6 Å². The van der Waals surface area contributed by atoms with Gasteiger partial charge in [0.1, 0.15) is 25.4 Å². The summed E-state index contributed by atoms with van der Waals surface area (Å²) in [4.78, 5) is 58.7. The van der Waals surface area contributed by atoms with Crippen molar-refractivity contribution in [3.63, 3.8) is 0 Å². The number of hydrogen-bond acceptors (Lipinski definition) is 14. The Morgan fingerprint density at radius 1 is 0.267 bits per heavy atom. The number of hydrogen-bond donors (Lipinski definition) is 4. The molecule has 0 aromatic rings. The van der Waals surface area contributed by atoms with Crippen LogP contribution in [0, 0.1) is 0 Å². The molecule has 4 N–H and O–H groups in total. The van der Waals surface area contributed by atoms with E-state index in [9.17, 15) is 43.5 Å². The molecule has 0 aliphatic rings. The highest BCUT2D eigenvalue weighted by molar-refractivity contribution is 7.47. The standard InChI is InChI=1S/C87H148O16P2/c1-4-7-10-13-16-19-22-25-28-30-32-33-34-35-36-37-38-39-40-41-42-43-44-45-46-47-49-51-53-55-58-61-64-67-70-73-85(90)97-76-82(88)77-99-104(93,94)100-78-83(89)79-101-105(95,96)102-81-84(103-87(92)75-72-69-66-63-60-57-52-27-24-21-18-15-12-9-6-3)80-98-86(91)74-71-68-65-62-59-56-54-50-48-31-29-26-23-20-17-14-11-8-5-2/h7-12,16-21,25-29,32-33,35-36,48,50,52,82-84,88-89H,4-6,13-15,22-24,30-31,34,37-47,49,51,53-81H2,1-3H3,(H,93,94)(H,95,96)/b10-7-,11-8-,12-9-,19-16-,20-17-,21-18-,28-25-,29-26-,33-32-,36-35-,50-48-,52-27-. The largest absolute Gasteiger partial charge is 0.472 e. The van der Waals surface area contributed by atoms with E-state index in [0.717, 1.165) is 167 Å². The zero-order valence-electron chi connectivity index (χ0n) is 65.9. The third-order valence-electron chi connectivity index (χ3n) is 17.0. The van der Waals surface area contributed by atoms with Gasteiger partial charge in [0, 0.05) is 19.3 Å². The minimum Gasteiger partial charge on any atom is -0.463 e. The number of carbonyl (C=O) groups is 3. The molecule has 105 heavy (non-hydrogen) atoms. The van der Waals surface area contributed by atoms with Crippen LogP contribution in [0.3, 0.4) is 0 Å². The topological polar surface area (TPSA) is 231 Å². The van der Waals surface area contributed by atoms with Gasteiger partial charge in [0.05, 0.1) is 26.4 Å². The van der Waals surface area contributed by atoms with Gasteiger partial charge in [-0.2, -0.15) is 0 Å². The molecule has 0 aliphatic carbocycles. The van der Waals surface area contributed by atoms with E-state index in [1.165, 1.54) is 103 Å². The maximum Gasteiger partial charge on any atom is 0.472 e. The molecule has 5 atom stereocenters. The summed E-state index contributed by atoms with van der Waals surface area (Å²) in [6.45, 7) is 2.32. The highest BCUT2D eigenvalue weighted by atomic mass is 31.2. The number of allylic oxidation sites excluding steroid dienone is 24. The summed E-state index contributed by atoms with van der Waals surface area (Å²) in [6, 6.07) is 0. The number of ether oxygens (including phenoxy) is 3. The van der Waals surface area contributed by atoms with Crippen molar-refractivity contribution < 1.29 is 75.8 Å². The summed E-state index contributed by atoms with van der Waals surface area (Å²) < 4.78 is 61.1. The third kappa shape index (κ3) is 80.3. The molecule has 18 heteroatoms. The Bertz CT molecular complexity index is 2490. The highest BCUT2D eigenvalue weighted by Crippen LogP contribution is 2.45. The molecule has 0 aromatic heterocycles. The predicted octanol–water partition coefficient (Wildman–Crippen LogP) is 24.4. The number of phosphoric acid groups is 2. The summed E-state index contributed by atoms with van der Waals surface area (Å²) in [5.41, 5.74) is 0. The Kier molecular flexibility index (Phi) is 75.6. The molecule has 0 amide bonds. The van der Waals surface area contributed by atoms with E-state index in [1.807, 2.05) is 0 Å². The Balaban J connectivity index is 4.41. The molecule has 0 bridgehead atoms. The van der Waals surface area contributed by atoms with Crippen molar-refractivity contribution in [2.24, 2.45) is 0 Å². The zero-order valence-corrected chi connectivity index (χ0v) is 67.6. The van der Waals surface area contributed by atoms with E-state index in [2.05, 4.69) is 167 Å². The molecular formula is C87H148O16P2. The fourth-order valence-corrected chi connectivity index (χ4v) is 12.5. The van der Waals surface area contributed by atoms with Crippen LogP contribution in [0.15, 0.2) is 146 Å². The van der Waals surface area contributed by atoms with Crippen LogP contribution >= 0.6 is 15.6 Å². The lowest BCUT2D eigenvalue weighted by atomic mass is 10.0. The van der Waals surface area contributed by atoms with Crippen LogP contribution in [-0.2, 0) is 55.8 Å². The van der Waals surface area contributed by atoms with Crippen molar-refractivity contribution >= 4 is 33.6 Å². The summed E-state index contributed by atoms with van der Waals surface area (Å²) in [6.07, 6.45) is 97.8. The van der Waals surface area contributed by atoms with Crippen molar-refractivity contribution in [1.29, 1.82) is 0 Å². The number of rotatable bonds is 77. The monoisotopic (exact) mass is 1510 g/mol. The lowest BCUT2D eigenvalue weighted by Gasteiger charge is -2.21. The average Bonchev–Trinajstić information content (AvgIpc) is 0.942. The van der Waals surface area contributed by atoms with Crippen LogP contribution in [0.25, 0.3) is 0 Å². The molecule has 0 spiro atoms. The van der Waals surface area contributed by atoms with E-state index in [-0.39, 0.29) is 19.3 Å². The first-order chi connectivity index (χ1) is 51.2. The van der Waals surface area contributed by atoms with E-state index in [0.29, 0.717) is 19.3 Å². The van der Waals surface area contributed by atoms with Crippen molar-refractivity contribution in [1.82, 2.24) is 0 Å². The molecule has 0 aliphatic heterocycles.